The van der Waals surface area contributed by atoms with Gasteiger partial charge in [0.1, 0.15) is 11.1 Å². The molecular weight excluding hydrogens is 256 g/mol. The first-order chi connectivity index (χ1) is 8.43. The quantitative estimate of drug-likeness (QED) is 0.828. The first-order valence-electron chi connectivity index (χ1n) is 5.34. The second kappa shape index (κ2) is 6.26. The molecule has 1 rings (SSSR count). The van der Waals surface area contributed by atoms with Crippen molar-refractivity contribution in [1.82, 2.24) is 5.32 Å². The van der Waals surface area contributed by atoms with Crippen molar-refractivity contribution in [1.29, 1.82) is 0 Å². The molecule has 0 fully saturated rings. The minimum atomic E-state index is -0.756. The van der Waals surface area contributed by atoms with Gasteiger partial charge in [-0.3, -0.25) is 10.1 Å². The van der Waals surface area contributed by atoms with E-state index in [9.17, 15) is 9.59 Å². The Morgan fingerprint density at radius 2 is 2.06 bits per heavy atom. The molecule has 0 bridgehead atoms. The predicted molar refractivity (Wildman–Crippen MR) is 70.2 cm³/mol. The lowest BCUT2D eigenvalue weighted by atomic mass is 10.2. The van der Waals surface area contributed by atoms with Crippen LogP contribution in [0, 0.1) is 6.92 Å². The van der Waals surface area contributed by atoms with Crippen molar-refractivity contribution < 1.29 is 14.3 Å². The standard InChI is InChI=1S/C12H15ClN2O3/c1-7-6-9(4-5-10(7)18-3)14-12(17)15-11(16)8(2)13/h4-6,8H,1-3H3,(H2,14,15,16,17). The van der Waals surface area contributed by atoms with Crippen LogP contribution in [-0.2, 0) is 4.79 Å². The fourth-order valence-electron chi connectivity index (χ4n) is 1.33. The number of alkyl halides is 1. The highest BCUT2D eigenvalue weighted by atomic mass is 35.5. The fourth-order valence-corrected chi connectivity index (χ4v) is 1.38. The summed E-state index contributed by atoms with van der Waals surface area (Å²) in [5, 5.41) is 3.90. The Morgan fingerprint density at radius 1 is 1.39 bits per heavy atom. The minimum absolute atomic E-state index is 0.542. The Balaban J connectivity index is 2.65. The Hall–Kier alpha value is -1.75. The first-order valence-corrected chi connectivity index (χ1v) is 5.78. The van der Waals surface area contributed by atoms with Gasteiger partial charge >= 0.3 is 6.03 Å². The summed E-state index contributed by atoms with van der Waals surface area (Å²) in [6.07, 6.45) is 0. The predicted octanol–water partition coefficient (Wildman–Crippen LogP) is 2.28. The molecule has 3 amide bonds. The van der Waals surface area contributed by atoms with E-state index in [1.807, 2.05) is 6.92 Å². The van der Waals surface area contributed by atoms with Crippen molar-refractivity contribution in [3.63, 3.8) is 0 Å². The second-order valence-electron chi connectivity index (χ2n) is 3.74. The van der Waals surface area contributed by atoms with E-state index < -0.39 is 17.3 Å². The third-order valence-corrected chi connectivity index (χ3v) is 2.45. The Labute approximate surface area is 110 Å². The van der Waals surface area contributed by atoms with Crippen LogP contribution < -0.4 is 15.4 Å². The maximum absolute atomic E-state index is 11.5. The molecule has 0 radical (unpaired) electrons. The highest BCUT2D eigenvalue weighted by molar-refractivity contribution is 6.31. The molecule has 2 N–H and O–H groups in total. The molecule has 0 aliphatic rings. The lowest BCUT2D eigenvalue weighted by Gasteiger charge is -2.10. The van der Waals surface area contributed by atoms with Crippen LogP contribution in [0.15, 0.2) is 18.2 Å². The van der Waals surface area contributed by atoms with Crippen molar-refractivity contribution in [2.45, 2.75) is 19.2 Å². The maximum atomic E-state index is 11.5. The number of halogens is 1. The molecule has 1 aromatic carbocycles. The maximum Gasteiger partial charge on any atom is 0.325 e. The highest BCUT2D eigenvalue weighted by Gasteiger charge is 2.13. The van der Waals surface area contributed by atoms with Crippen LogP contribution in [0.4, 0.5) is 10.5 Å². The topological polar surface area (TPSA) is 67.4 Å². The van der Waals surface area contributed by atoms with E-state index >= 15 is 0 Å². The van der Waals surface area contributed by atoms with Crippen LogP contribution in [0.2, 0.25) is 0 Å². The lowest BCUT2D eigenvalue weighted by Crippen LogP contribution is -2.38. The number of anilines is 1. The van der Waals surface area contributed by atoms with Gasteiger partial charge < -0.3 is 10.1 Å². The van der Waals surface area contributed by atoms with Crippen molar-refractivity contribution in [2.75, 3.05) is 12.4 Å². The number of ether oxygens (including phenoxy) is 1. The summed E-state index contributed by atoms with van der Waals surface area (Å²) in [6.45, 7) is 3.34. The number of aryl methyl sites for hydroxylation is 1. The van der Waals surface area contributed by atoms with Gasteiger partial charge in [0.2, 0.25) is 5.91 Å². The number of nitrogens with one attached hydrogen (secondary N) is 2. The molecule has 0 heterocycles. The van der Waals surface area contributed by atoms with Gasteiger partial charge in [-0.15, -0.1) is 11.6 Å². The normalized spacial score (nSPS) is 11.6. The van der Waals surface area contributed by atoms with Gasteiger partial charge in [0.05, 0.1) is 7.11 Å². The van der Waals surface area contributed by atoms with Crippen molar-refractivity contribution in [2.24, 2.45) is 0 Å². The summed E-state index contributed by atoms with van der Waals surface area (Å²) in [6, 6.07) is 4.54. The van der Waals surface area contributed by atoms with E-state index in [0.717, 1.165) is 11.3 Å². The molecule has 18 heavy (non-hydrogen) atoms. The van der Waals surface area contributed by atoms with E-state index in [1.54, 1.807) is 25.3 Å². The number of methoxy groups -OCH3 is 1. The van der Waals surface area contributed by atoms with Crippen molar-refractivity contribution in [3.05, 3.63) is 23.8 Å². The molecule has 0 spiro atoms. The van der Waals surface area contributed by atoms with Crippen LogP contribution in [0.3, 0.4) is 0 Å². The number of benzene rings is 1. The Morgan fingerprint density at radius 3 is 2.56 bits per heavy atom. The van der Waals surface area contributed by atoms with E-state index in [-0.39, 0.29) is 0 Å². The summed E-state index contributed by atoms with van der Waals surface area (Å²) in [5.74, 6) is 0.186. The largest absolute Gasteiger partial charge is 0.496 e. The van der Waals surface area contributed by atoms with Gasteiger partial charge in [-0.25, -0.2) is 4.79 Å². The van der Waals surface area contributed by atoms with E-state index in [2.05, 4.69) is 10.6 Å². The average molecular weight is 271 g/mol. The molecule has 6 heteroatoms. The van der Waals surface area contributed by atoms with Gasteiger partial charge in [-0.1, -0.05) is 0 Å². The number of urea groups is 1. The summed E-state index contributed by atoms with van der Waals surface area (Å²) in [7, 11) is 1.57. The summed E-state index contributed by atoms with van der Waals surface area (Å²) in [4.78, 5) is 22.6. The van der Waals surface area contributed by atoms with Crippen LogP contribution in [0.1, 0.15) is 12.5 Å². The number of carbonyl (C=O) groups is 2. The molecule has 5 nitrogen and oxygen atoms in total. The highest BCUT2D eigenvalue weighted by Crippen LogP contribution is 2.21. The fraction of sp³-hybridized carbons (Fsp3) is 0.333. The smallest absolute Gasteiger partial charge is 0.325 e. The monoisotopic (exact) mass is 270 g/mol. The molecule has 1 aromatic rings. The van der Waals surface area contributed by atoms with Gasteiger partial charge in [0, 0.05) is 5.69 Å². The van der Waals surface area contributed by atoms with Crippen LogP contribution in [0.25, 0.3) is 0 Å². The molecular formula is C12H15ClN2O3. The van der Waals surface area contributed by atoms with E-state index in [0.29, 0.717) is 5.69 Å². The van der Waals surface area contributed by atoms with Gasteiger partial charge in [0.15, 0.2) is 0 Å². The van der Waals surface area contributed by atoms with Crippen molar-refractivity contribution >= 4 is 29.2 Å². The lowest BCUT2D eigenvalue weighted by molar-refractivity contribution is -0.119. The Bertz CT molecular complexity index is 461. The number of rotatable bonds is 3. The van der Waals surface area contributed by atoms with Crippen molar-refractivity contribution in [3.8, 4) is 5.75 Å². The molecule has 0 aliphatic heterocycles. The zero-order valence-electron chi connectivity index (χ0n) is 10.4. The molecule has 98 valence electrons. The van der Waals surface area contributed by atoms with Gasteiger partial charge in [-0.05, 0) is 37.6 Å². The molecule has 0 aliphatic carbocycles. The molecule has 0 saturated carbocycles. The SMILES string of the molecule is COc1ccc(NC(=O)NC(=O)C(C)Cl)cc1C. The molecule has 1 unspecified atom stereocenters. The molecule has 1 atom stereocenters. The van der Waals surface area contributed by atoms with E-state index in [4.69, 9.17) is 16.3 Å². The average Bonchev–Trinajstić information content (AvgIpc) is 2.28. The number of imide groups is 1. The van der Waals surface area contributed by atoms with Gasteiger partial charge in [-0.2, -0.15) is 0 Å². The second-order valence-corrected chi connectivity index (χ2v) is 4.40. The third-order valence-electron chi connectivity index (χ3n) is 2.25. The summed E-state index contributed by atoms with van der Waals surface area (Å²) >= 11 is 5.53. The number of amides is 3. The summed E-state index contributed by atoms with van der Waals surface area (Å²) < 4.78 is 5.10. The third kappa shape index (κ3) is 3.92. The minimum Gasteiger partial charge on any atom is -0.496 e. The first kappa shape index (κ1) is 14.3. The van der Waals surface area contributed by atoms with Crippen LogP contribution in [0.5, 0.6) is 5.75 Å². The van der Waals surface area contributed by atoms with Crippen LogP contribution >= 0.6 is 11.6 Å². The number of hydrogen-bond donors (Lipinski definition) is 2. The summed E-state index contributed by atoms with van der Waals surface area (Å²) in [5.41, 5.74) is 1.45. The van der Waals surface area contributed by atoms with Crippen LogP contribution in [-0.4, -0.2) is 24.4 Å². The number of carbonyl (C=O) groups excluding carboxylic acids is 2. The zero-order chi connectivity index (χ0) is 13.7. The van der Waals surface area contributed by atoms with E-state index in [1.165, 1.54) is 6.92 Å². The molecule has 0 aromatic heterocycles. The number of hydrogen-bond acceptors (Lipinski definition) is 3. The zero-order valence-corrected chi connectivity index (χ0v) is 11.2. The van der Waals surface area contributed by atoms with Gasteiger partial charge in [0.25, 0.3) is 0 Å². The molecule has 0 saturated heterocycles. The Kier molecular flexibility index (Phi) is 4.97.